The standard InChI is InChI=1S/C17H17Cl2NO3S/c1-17(2,3)11-4-7-13(8-5-11)24(22,23)20-16(21)14-9-6-12(18)10-15(14)19/h4-10H,1-3H3,(H,20,21). The number of halogens is 2. The molecule has 24 heavy (non-hydrogen) atoms. The molecule has 0 aliphatic carbocycles. The van der Waals surface area contributed by atoms with Crippen LogP contribution in [0.3, 0.4) is 0 Å². The van der Waals surface area contributed by atoms with E-state index in [0.29, 0.717) is 5.02 Å². The molecule has 0 aromatic heterocycles. The molecule has 128 valence electrons. The highest BCUT2D eigenvalue weighted by Crippen LogP contribution is 2.24. The topological polar surface area (TPSA) is 63.2 Å². The van der Waals surface area contributed by atoms with Gasteiger partial charge in [-0.1, -0.05) is 56.1 Å². The Hall–Kier alpha value is -1.56. The van der Waals surface area contributed by atoms with Gasteiger partial charge in [0.05, 0.1) is 15.5 Å². The molecule has 0 bridgehead atoms. The molecule has 0 radical (unpaired) electrons. The van der Waals surface area contributed by atoms with Crippen LogP contribution in [0.1, 0.15) is 36.7 Å². The van der Waals surface area contributed by atoms with E-state index in [0.717, 1.165) is 5.56 Å². The molecule has 1 N–H and O–H groups in total. The van der Waals surface area contributed by atoms with E-state index < -0.39 is 15.9 Å². The number of amides is 1. The smallest absolute Gasteiger partial charge is 0.266 e. The molecule has 0 unspecified atom stereocenters. The molecule has 0 spiro atoms. The lowest BCUT2D eigenvalue weighted by atomic mass is 9.87. The van der Waals surface area contributed by atoms with Gasteiger partial charge in [-0.15, -0.1) is 0 Å². The Morgan fingerprint density at radius 1 is 1.00 bits per heavy atom. The Bertz CT molecular complexity index is 870. The van der Waals surface area contributed by atoms with E-state index in [-0.39, 0.29) is 20.9 Å². The molecule has 7 heteroatoms. The molecule has 4 nitrogen and oxygen atoms in total. The van der Waals surface area contributed by atoms with Crippen LogP contribution in [0.5, 0.6) is 0 Å². The van der Waals surface area contributed by atoms with E-state index >= 15 is 0 Å². The number of nitrogens with one attached hydrogen (secondary N) is 1. The lowest BCUT2D eigenvalue weighted by Gasteiger charge is -2.19. The maximum atomic E-state index is 12.4. The second-order valence-electron chi connectivity index (χ2n) is 6.33. The number of hydrogen-bond donors (Lipinski definition) is 1. The van der Waals surface area contributed by atoms with Crippen molar-refractivity contribution < 1.29 is 13.2 Å². The normalized spacial score (nSPS) is 12.0. The molecule has 2 aromatic rings. The van der Waals surface area contributed by atoms with E-state index in [4.69, 9.17) is 23.2 Å². The number of benzene rings is 2. The van der Waals surface area contributed by atoms with E-state index in [2.05, 4.69) is 0 Å². The molecule has 0 atom stereocenters. The summed E-state index contributed by atoms with van der Waals surface area (Å²) in [5.41, 5.74) is 0.937. The van der Waals surface area contributed by atoms with Crippen LogP contribution in [0.4, 0.5) is 0 Å². The summed E-state index contributed by atoms with van der Waals surface area (Å²) in [6, 6.07) is 10.6. The third-order valence-corrected chi connectivity index (χ3v) is 5.33. The van der Waals surface area contributed by atoms with Crippen molar-refractivity contribution in [2.45, 2.75) is 31.1 Å². The van der Waals surface area contributed by atoms with Crippen LogP contribution in [0.15, 0.2) is 47.4 Å². The third kappa shape index (κ3) is 4.29. The lowest BCUT2D eigenvalue weighted by molar-refractivity contribution is 0.0981. The summed E-state index contributed by atoms with van der Waals surface area (Å²) < 4.78 is 26.7. The highest BCUT2D eigenvalue weighted by Gasteiger charge is 2.21. The van der Waals surface area contributed by atoms with Gasteiger partial charge in [0, 0.05) is 5.02 Å². The Morgan fingerprint density at radius 3 is 2.08 bits per heavy atom. The van der Waals surface area contributed by atoms with Crippen LogP contribution in [0, 0.1) is 0 Å². The zero-order valence-corrected chi connectivity index (χ0v) is 15.8. The maximum absolute atomic E-state index is 12.4. The second-order valence-corrected chi connectivity index (χ2v) is 8.86. The van der Waals surface area contributed by atoms with Gasteiger partial charge < -0.3 is 0 Å². The first-order valence-electron chi connectivity index (χ1n) is 7.13. The van der Waals surface area contributed by atoms with Gasteiger partial charge in [-0.25, -0.2) is 13.1 Å². The number of carbonyl (C=O) groups is 1. The van der Waals surface area contributed by atoms with Gasteiger partial charge in [-0.3, -0.25) is 4.79 Å². The van der Waals surface area contributed by atoms with Crippen LogP contribution >= 0.6 is 23.2 Å². The molecule has 0 heterocycles. The van der Waals surface area contributed by atoms with Gasteiger partial charge >= 0.3 is 0 Å². The van der Waals surface area contributed by atoms with Gasteiger partial charge in [-0.2, -0.15) is 0 Å². The van der Waals surface area contributed by atoms with Crippen molar-refractivity contribution in [3.63, 3.8) is 0 Å². The minimum atomic E-state index is -3.99. The zero-order valence-electron chi connectivity index (χ0n) is 13.4. The summed E-state index contributed by atoms with van der Waals surface area (Å²) in [6.45, 7) is 6.09. The fraction of sp³-hybridized carbons (Fsp3) is 0.235. The SMILES string of the molecule is CC(C)(C)c1ccc(S(=O)(=O)NC(=O)c2ccc(Cl)cc2Cl)cc1. The van der Waals surface area contributed by atoms with E-state index in [9.17, 15) is 13.2 Å². The summed E-state index contributed by atoms with van der Waals surface area (Å²) in [7, 11) is -3.99. The molecule has 0 saturated heterocycles. The van der Waals surface area contributed by atoms with Crippen LogP contribution in [0.2, 0.25) is 10.0 Å². The van der Waals surface area contributed by atoms with Crippen LogP contribution in [-0.2, 0) is 15.4 Å². The minimum absolute atomic E-state index is 0.00827. The average molecular weight is 386 g/mol. The summed E-state index contributed by atoms with van der Waals surface area (Å²) >= 11 is 11.7. The summed E-state index contributed by atoms with van der Waals surface area (Å²) in [5.74, 6) is -0.809. The molecule has 1 amide bonds. The van der Waals surface area contributed by atoms with Crippen LogP contribution in [-0.4, -0.2) is 14.3 Å². The van der Waals surface area contributed by atoms with Crippen molar-refractivity contribution >= 4 is 39.1 Å². The van der Waals surface area contributed by atoms with Crippen LogP contribution < -0.4 is 4.72 Å². The first kappa shape index (κ1) is 18.8. The first-order valence-corrected chi connectivity index (χ1v) is 9.37. The number of sulfonamides is 1. The van der Waals surface area contributed by atoms with Gasteiger partial charge in [0.25, 0.3) is 15.9 Å². The van der Waals surface area contributed by atoms with Gasteiger partial charge in [0.2, 0.25) is 0 Å². The number of rotatable bonds is 3. The fourth-order valence-corrected chi connectivity index (χ4v) is 3.50. The average Bonchev–Trinajstić information content (AvgIpc) is 2.45. The quantitative estimate of drug-likeness (QED) is 0.850. The van der Waals surface area contributed by atoms with Gasteiger partial charge in [0.1, 0.15) is 0 Å². The van der Waals surface area contributed by atoms with Crippen LogP contribution in [0.25, 0.3) is 0 Å². The number of hydrogen-bond acceptors (Lipinski definition) is 3. The molecule has 2 aromatic carbocycles. The number of carbonyl (C=O) groups excluding carboxylic acids is 1. The maximum Gasteiger partial charge on any atom is 0.266 e. The molecule has 0 fully saturated rings. The largest absolute Gasteiger partial charge is 0.268 e. The molecular formula is C17H17Cl2NO3S. The molecule has 2 rings (SSSR count). The second kappa shape index (κ2) is 6.75. The predicted molar refractivity (Wildman–Crippen MR) is 96.3 cm³/mol. The van der Waals surface area contributed by atoms with E-state index in [1.54, 1.807) is 12.1 Å². The highest BCUT2D eigenvalue weighted by atomic mass is 35.5. The van der Waals surface area contributed by atoms with Crippen molar-refractivity contribution in [2.24, 2.45) is 0 Å². The van der Waals surface area contributed by atoms with E-state index in [1.165, 1.54) is 30.3 Å². The Balaban J connectivity index is 2.26. The molecule has 0 aliphatic rings. The van der Waals surface area contributed by atoms with Crippen molar-refractivity contribution in [1.29, 1.82) is 0 Å². The highest BCUT2D eigenvalue weighted by molar-refractivity contribution is 7.90. The van der Waals surface area contributed by atoms with Crippen molar-refractivity contribution in [2.75, 3.05) is 0 Å². The monoisotopic (exact) mass is 385 g/mol. The molecule has 0 aliphatic heterocycles. The fourth-order valence-electron chi connectivity index (χ4n) is 2.04. The Labute approximate surface area is 151 Å². The zero-order chi connectivity index (χ0) is 18.1. The first-order chi connectivity index (χ1) is 11.0. The molecular weight excluding hydrogens is 369 g/mol. The lowest BCUT2D eigenvalue weighted by Crippen LogP contribution is -2.30. The minimum Gasteiger partial charge on any atom is -0.268 e. The summed E-state index contributed by atoms with van der Waals surface area (Å²) in [6.07, 6.45) is 0. The van der Waals surface area contributed by atoms with Crippen molar-refractivity contribution in [3.05, 3.63) is 63.6 Å². The van der Waals surface area contributed by atoms with Gasteiger partial charge in [0.15, 0.2) is 0 Å². The summed E-state index contributed by atoms with van der Waals surface area (Å²) in [4.78, 5) is 12.2. The van der Waals surface area contributed by atoms with Crippen molar-refractivity contribution in [1.82, 2.24) is 4.72 Å². The summed E-state index contributed by atoms with van der Waals surface area (Å²) in [5, 5.41) is 0.440. The van der Waals surface area contributed by atoms with E-state index in [1.807, 2.05) is 25.5 Å². The molecule has 0 saturated carbocycles. The van der Waals surface area contributed by atoms with Gasteiger partial charge in [-0.05, 0) is 41.3 Å². The third-order valence-electron chi connectivity index (χ3n) is 3.43. The van der Waals surface area contributed by atoms with Crippen molar-refractivity contribution in [3.8, 4) is 0 Å². The Morgan fingerprint density at radius 2 is 1.58 bits per heavy atom. The Kier molecular flexibility index (Phi) is 5.28. The predicted octanol–water partition coefficient (Wildman–Crippen LogP) is 4.41.